The molecule has 2 N–H and O–H groups in total. The minimum absolute atomic E-state index is 0.00511. The summed E-state index contributed by atoms with van der Waals surface area (Å²) < 4.78 is 27.9. The summed E-state index contributed by atoms with van der Waals surface area (Å²) in [6.45, 7) is 7.96. The van der Waals surface area contributed by atoms with Crippen molar-refractivity contribution in [2.24, 2.45) is 0 Å². The largest absolute Gasteiger partial charge is 0.444 e. The predicted octanol–water partition coefficient (Wildman–Crippen LogP) is 1.07. The maximum absolute atomic E-state index is 11.7. The molecule has 6 nitrogen and oxygen atoms in total. The highest BCUT2D eigenvalue weighted by Crippen LogP contribution is 2.11. The van der Waals surface area contributed by atoms with E-state index >= 15 is 0 Å². The molecule has 2 unspecified atom stereocenters. The van der Waals surface area contributed by atoms with Crippen LogP contribution in [-0.4, -0.2) is 50.2 Å². The summed E-state index contributed by atoms with van der Waals surface area (Å²) in [5.74, 6) is 0.441. The highest BCUT2D eigenvalue weighted by atomic mass is 32.2. The van der Waals surface area contributed by atoms with Crippen LogP contribution in [0.5, 0.6) is 0 Å². The Hall–Kier alpha value is -0.820. The number of rotatable bonds is 5. The second kappa shape index (κ2) is 6.76. The average Bonchev–Trinajstić information content (AvgIpc) is 2.61. The summed E-state index contributed by atoms with van der Waals surface area (Å²) in [6, 6.07) is -0.0670. The van der Waals surface area contributed by atoms with Crippen molar-refractivity contribution in [3.05, 3.63) is 0 Å². The molecule has 118 valence electrons. The summed E-state index contributed by atoms with van der Waals surface area (Å²) in [7, 11) is -2.87. The summed E-state index contributed by atoms with van der Waals surface area (Å²) in [6.07, 6.45) is 0.960. The lowest BCUT2D eigenvalue weighted by Crippen LogP contribution is -2.46. The number of hydrogen-bond donors (Lipinski definition) is 2. The van der Waals surface area contributed by atoms with Gasteiger partial charge in [-0.25, -0.2) is 13.2 Å². The third-order valence-electron chi connectivity index (χ3n) is 3.10. The SMILES string of the molecule is CCC(CNC1CCS(=O)(=O)C1)NC(=O)OC(C)(C)C. The topological polar surface area (TPSA) is 84.5 Å². The number of sulfone groups is 1. The second-order valence-electron chi connectivity index (χ2n) is 6.26. The van der Waals surface area contributed by atoms with Crippen molar-refractivity contribution in [3.8, 4) is 0 Å². The first kappa shape index (κ1) is 17.2. The average molecular weight is 306 g/mol. The summed E-state index contributed by atoms with van der Waals surface area (Å²) in [5, 5.41) is 6.00. The van der Waals surface area contributed by atoms with E-state index in [1.54, 1.807) is 0 Å². The number of carbonyl (C=O) groups excluding carboxylic acids is 1. The van der Waals surface area contributed by atoms with Gasteiger partial charge in [-0.05, 0) is 33.6 Å². The third kappa shape index (κ3) is 6.56. The monoisotopic (exact) mass is 306 g/mol. The first-order chi connectivity index (χ1) is 9.11. The Labute approximate surface area is 121 Å². The van der Waals surface area contributed by atoms with Crippen LogP contribution in [0.15, 0.2) is 0 Å². The Balaban J connectivity index is 2.35. The molecule has 20 heavy (non-hydrogen) atoms. The zero-order valence-electron chi connectivity index (χ0n) is 12.7. The van der Waals surface area contributed by atoms with Crippen LogP contribution < -0.4 is 10.6 Å². The van der Waals surface area contributed by atoms with Crippen molar-refractivity contribution in [2.45, 2.75) is 58.2 Å². The summed E-state index contributed by atoms with van der Waals surface area (Å²) in [5.41, 5.74) is -0.519. The van der Waals surface area contributed by atoms with Crippen LogP contribution in [0.1, 0.15) is 40.5 Å². The van der Waals surface area contributed by atoms with Gasteiger partial charge in [0.2, 0.25) is 0 Å². The van der Waals surface area contributed by atoms with Gasteiger partial charge < -0.3 is 15.4 Å². The minimum Gasteiger partial charge on any atom is -0.444 e. The fourth-order valence-electron chi connectivity index (χ4n) is 2.04. The van der Waals surface area contributed by atoms with Gasteiger partial charge in [-0.3, -0.25) is 0 Å². The molecule has 1 aliphatic rings. The molecule has 0 aliphatic carbocycles. The first-order valence-corrected chi connectivity index (χ1v) is 8.87. The quantitative estimate of drug-likeness (QED) is 0.793. The van der Waals surface area contributed by atoms with Gasteiger partial charge in [0.1, 0.15) is 5.60 Å². The molecule has 0 radical (unpaired) electrons. The van der Waals surface area contributed by atoms with E-state index in [4.69, 9.17) is 4.74 Å². The third-order valence-corrected chi connectivity index (χ3v) is 4.87. The lowest BCUT2D eigenvalue weighted by molar-refractivity contribution is 0.0502. The van der Waals surface area contributed by atoms with Crippen molar-refractivity contribution < 1.29 is 17.9 Å². The van der Waals surface area contributed by atoms with Crippen molar-refractivity contribution in [2.75, 3.05) is 18.1 Å². The molecule has 1 amide bonds. The maximum atomic E-state index is 11.7. The van der Waals surface area contributed by atoms with E-state index in [0.717, 1.165) is 6.42 Å². The summed E-state index contributed by atoms with van der Waals surface area (Å²) in [4.78, 5) is 11.7. The number of alkyl carbamates (subject to hydrolysis) is 1. The van der Waals surface area contributed by atoms with E-state index < -0.39 is 21.5 Å². The molecule has 7 heteroatoms. The Morgan fingerprint density at radius 1 is 1.40 bits per heavy atom. The second-order valence-corrected chi connectivity index (χ2v) is 8.49. The van der Waals surface area contributed by atoms with E-state index in [1.807, 2.05) is 27.7 Å². The Morgan fingerprint density at radius 2 is 2.05 bits per heavy atom. The van der Waals surface area contributed by atoms with Gasteiger partial charge >= 0.3 is 6.09 Å². The molecule has 2 atom stereocenters. The molecule has 0 saturated carbocycles. The molecule has 0 bridgehead atoms. The van der Waals surface area contributed by atoms with Crippen molar-refractivity contribution in [3.63, 3.8) is 0 Å². The van der Waals surface area contributed by atoms with Crippen LogP contribution >= 0.6 is 0 Å². The van der Waals surface area contributed by atoms with Gasteiger partial charge in [0.25, 0.3) is 0 Å². The standard InChI is InChI=1S/C13H26N2O4S/c1-5-10(15-12(16)19-13(2,3)4)8-14-11-6-7-20(17,18)9-11/h10-11,14H,5-9H2,1-4H3,(H,15,16). The molecule has 1 rings (SSSR count). The molecule has 0 aromatic carbocycles. The highest BCUT2D eigenvalue weighted by Gasteiger charge is 2.28. The molecule has 1 heterocycles. The van der Waals surface area contributed by atoms with E-state index in [-0.39, 0.29) is 23.6 Å². The fraction of sp³-hybridized carbons (Fsp3) is 0.923. The van der Waals surface area contributed by atoms with Gasteiger partial charge in [0.15, 0.2) is 9.84 Å². The van der Waals surface area contributed by atoms with Crippen LogP contribution in [-0.2, 0) is 14.6 Å². The van der Waals surface area contributed by atoms with Crippen LogP contribution in [0, 0.1) is 0 Å². The highest BCUT2D eigenvalue weighted by molar-refractivity contribution is 7.91. The molecule has 1 fully saturated rings. The van der Waals surface area contributed by atoms with Gasteiger partial charge in [-0.1, -0.05) is 6.92 Å². The molecule has 0 spiro atoms. The molecule has 0 aromatic rings. The van der Waals surface area contributed by atoms with Crippen molar-refractivity contribution in [1.82, 2.24) is 10.6 Å². The van der Waals surface area contributed by atoms with Crippen LogP contribution in [0.4, 0.5) is 4.79 Å². The number of ether oxygens (including phenoxy) is 1. The van der Waals surface area contributed by atoms with Gasteiger partial charge in [0, 0.05) is 18.6 Å². The van der Waals surface area contributed by atoms with Gasteiger partial charge in [-0.2, -0.15) is 0 Å². The minimum atomic E-state index is -2.87. The van der Waals surface area contributed by atoms with Gasteiger partial charge in [-0.15, -0.1) is 0 Å². The van der Waals surface area contributed by atoms with Crippen molar-refractivity contribution in [1.29, 1.82) is 0 Å². The Morgan fingerprint density at radius 3 is 2.50 bits per heavy atom. The number of amides is 1. The van der Waals surface area contributed by atoms with E-state index in [1.165, 1.54) is 0 Å². The van der Waals surface area contributed by atoms with Crippen LogP contribution in [0.2, 0.25) is 0 Å². The summed E-state index contributed by atoms with van der Waals surface area (Å²) >= 11 is 0. The van der Waals surface area contributed by atoms with E-state index in [9.17, 15) is 13.2 Å². The van der Waals surface area contributed by atoms with Crippen LogP contribution in [0.25, 0.3) is 0 Å². The lowest BCUT2D eigenvalue weighted by atomic mass is 10.2. The molecule has 1 saturated heterocycles. The fourth-order valence-corrected chi connectivity index (χ4v) is 3.74. The molecule has 1 aliphatic heterocycles. The normalized spacial score (nSPS) is 23.3. The van der Waals surface area contributed by atoms with Crippen molar-refractivity contribution >= 4 is 15.9 Å². The number of nitrogens with one attached hydrogen (secondary N) is 2. The maximum Gasteiger partial charge on any atom is 0.407 e. The predicted molar refractivity (Wildman–Crippen MR) is 78.5 cm³/mol. The Bertz CT molecular complexity index is 428. The van der Waals surface area contributed by atoms with E-state index in [0.29, 0.717) is 13.0 Å². The molecular weight excluding hydrogens is 280 g/mol. The van der Waals surface area contributed by atoms with Crippen LogP contribution in [0.3, 0.4) is 0 Å². The molecule has 0 aromatic heterocycles. The lowest BCUT2D eigenvalue weighted by Gasteiger charge is -2.24. The smallest absolute Gasteiger partial charge is 0.407 e. The first-order valence-electron chi connectivity index (χ1n) is 7.04. The van der Waals surface area contributed by atoms with E-state index in [2.05, 4.69) is 10.6 Å². The molecular formula is C13H26N2O4S. The van der Waals surface area contributed by atoms with Gasteiger partial charge in [0.05, 0.1) is 11.5 Å². The number of carbonyl (C=O) groups is 1. The zero-order chi connectivity index (χ0) is 15.4. The zero-order valence-corrected chi connectivity index (χ0v) is 13.5. The Kier molecular flexibility index (Phi) is 5.82. The number of hydrogen-bond acceptors (Lipinski definition) is 5.